The Kier molecular flexibility index (Phi) is 4.10. The minimum Gasteiger partial charge on any atom is -0.289 e. The normalized spacial score (nSPS) is 18.6. The van der Waals surface area contributed by atoms with E-state index in [1.54, 1.807) is 0 Å². The van der Waals surface area contributed by atoms with Gasteiger partial charge in [-0.1, -0.05) is 43.5 Å². The lowest BCUT2D eigenvalue weighted by Gasteiger charge is -2.24. The molecule has 1 atom stereocenters. The van der Waals surface area contributed by atoms with Gasteiger partial charge in [0.2, 0.25) is 0 Å². The lowest BCUT2D eigenvalue weighted by molar-refractivity contribution is 0.318. The zero-order valence-electron chi connectivity index (χ0n) is 12.1. The van der Waals surface area contributed by atoms with Gasteiger partial charge in [0.05, 0.1) is 5.52 Å². The Labute approximate surface area is 121 Å². The average Bonchev–Trinajstić information content (AvgIpc) is 2.53. The van der Waals surface area contributed by atoms with Crippen LogP contribution in [0.1, 0.15) is 44.6 Å². The van der Waals surface area contributed by atoms with E-state index in [4.69, 9.17) is 4.99 Å². The van der Waals surface area contributed by atoms with Crippen LogP contribution in [-0.4, -0.2) is 17.2 Å². The number of nitrogens with zero attached hydrogens (tertiary/aromatic N) is 2. The molecule has 1 saturated carbocycles. The minimum absolute atomic E-state index is 0.425. The first-order valence-electron chi connectivity index (χ1n) is 7.71. The zero-order chi connectivity index (χ0) is 13.8. The van der Waals surface area contributed by atoms with Crippen LogP contribution in [0.2, 0.25) is 0 Å². The van der Waals surface area contributed by atoms with Gasteiger partial charge in [0.1, 0.15) is 0 Å². The van der Waals surface area contributed by atoms with Crippen molar-refractivity contribution in [3.8, 4) is 0 Å². The summed E-state index contributed by atoms with van der Waals surface area (Å²) in [5.41, 5.74) is 2.18. The lowest BCUT2D eigenvalue weighted by atomic mass is 9.85. The lowest BCUT2D eigenvalue weighted by Crippen LogP contribution is -2.18. The molecule has 20 heavy (non-hydrogen) atoms. The van der Waals surface area contributed by atoms with Gasteiger partial charge in [0.15, 0.2) is 0 Å². The van der Waals surface area contributed by atoms with Gasteiger partial charge < -0.3 is 0 Å². The molecule has 104 valence electrons. The summed E-state index contributed by atoms with van der Waals surface area (Å²) in [7, 11) is 0. The molecule has 1 aliphatic rings. The van der Waals surface area contributed by atoms with Gasteiger partial charge in [0, 0.05) is 29.4 Å². The van der Waals surface area contributed by atoms with Crippen molar-refractivity contribution in [2.75, 3.05) is 0 Å². The van der Waals surface area contributed by atoms with Crippen LogP contribution < -0.4 is 0 Å². The highest BCUT2D eigenvalue weighted by Crippen LogP contribution is 2.27. The molecule has 0 radical (unpaired) electrons. The molecular formula is C18H22N2. The first kappa shape index (κ1) is 13.3. The summed E-state index contributed by atoms with van der Waals surface area (Å²) < 4.78 is 0. The van der Waals surface area contributed by atoms with Crippen molar-refractivity contribution in [1.82, 2.24) is 4.98 Å². The summed E-state index contributed by atoms with van der Waals surface area (Å²) in [5, 5.41) is 1.18. The van der Waals surface area contributed by atoms with Crippen molar-refractivity contribution in [1.29, 1.82) is 0 Å². The number of hydrogen-bond donors (Lipinski definition) is 0. The fraction of sp³-hybridized carbons (Fsp3) is 0.444. The van der Waals surface area contributed by atoms with Crippen molar-refractivity contribution in [3.63, 3.8) is 0 Å². The van der Waals surface area contributed by atoms with Crippen LogP contribution in [0.3, 0.4) is 0 Å². The zero-order valence-corrected chi connectivity index (χ0v) is 12.1. The molecule has 0 aliphatic heterocycles. The highest BCUT2D eigenvalue weighted by atomic mass is 14.8. The van der Waals surface area contributed by atoms with Crippen LogP contribution in [0.25, 0.3) is 10.9 Å². The Morgan fingerprint density at radius 1 is 1.15 bits per heavy atom. The number of rotatable bonds is 3. The van der Waals surface area contributed by atoms with E-state index in [2.05, 4.69) is 36.2 Å². The minimum atomic E-state index is 0.425. The Morgan fingerprint density at radius 2 is 1.95 bits per heavy atom. The van der Waals surface area contributed by atoms with Crippen LogP contribution in [0.15, 0.2) is 41.5 Å². The third-order valence-corrected chi connectivity index (χ3v) is 4.44. The SMILES string of the molecule is C[C@@H](N=Cc1cccc2cccnc12)C1CCCCC1. The quantitative estimate of drug-likeness (QED) is 0.744. The van der Waals surface area contributed by atoms with E-state index in [0.29, 0.717) is 6.04 Å². The van der Waals surface area contributed by atoms with E-state index < -0.39 is 0 Å². The van der Waals surface area contributed by atoms with Gasteiger partial charge >= 0.3 is 0 Å². The average molecular weight is 266 g/mol. The Hall–Kier alpha value is -1.70. The summed E-state index contributed by atoms with van der Waals surface area (Å²) in [6.07, 6.45) is 10.7. The highest BCUT2D eigenvalue weighted by molar-refractivity contribution is 5.97. The Balaban J connectivity index is 1.80. The molecule has 0 bridgehead atoms. The second-order valence-corrected chi connectivity index (χ2v) is 5.84. The van der Waals surface area contributed by atoms with Gasteiger partial charge in [0.25, 0.3) is 0 Å². The van der Waals surface area contributed by atoms with Crippen LogP contribution in [-0.2, 0) is 0 Å². The number of para-hydroxylation sites is 1. The molecule has 3 rings (SSSR count). The molecule has 1 fully saturated rings. The molecule has 0 spiro atoms. The number of fused-ring (bicyclic) bond motifs is 1. The summed E-state index contributed by atoms with van der Waals surface area (Å²) in [6.45, 7) is 2.26. The monoisotopic (exact) mass is 266 g/mol. The number of hydrogen-bond acceptors (Lipinski definition) is 2. The summed E-state index contributed by atoms with van der Waals surface area (Å²) >= 11 is 0. The van der Waals surface area contributed by atoms with Crippen molar-refractivity contribution >= 4 is 17.1 Å². The predicted molar refractivity (Wildman–Crippen MR) is 85.4 cm³/mol. The molecule has 2 aromatic rings. The number of aliphatic imine (C=N–C) groups is 1. The molecule has 1 aliphatic carbocycles. The standard InChI is InChI=1S/C18H22N2/c1-14(15-7-3-2-4-8-15)20-13-17-10-5-9-16-11-6-12-19-18(16)17/h5-6,9-15H,2-4,7-8H2,1H3/t14-/m1/s1. The van der Waals surface area contributed by atoms with Crippen molar-refractivity contribution in [3.05, 3.63) is 42.1 Å². The van der Waals surface area contributed by atoms with Gasteiger partial charge in [-0.15, -0.1) is 0 Å². The maximum atomic E-state index is 4.80. The molecule has 0 saturated heterocycles. The van der Waals surface area contributed by atoms with Gasteiger partial charge in [-0.25, -0.2) is 0 Å². The molecule has 1 aromatic carbocycles. The van der Waals surface area contributed by atoms with Crippen LogP contribution in [0, 0.1) is 5.92 Å². The van der Waals surface area contributed by atoms with E-state index in [1.165, 1.54) is 37.5 Å². The molecule has 1 heterocycles. The summed E-state index contributed by atoms with van der Waals surface area (Å²) in [4.78, 5) is 9.28. The molecule has 2 heteroatoms. The van der Waals surface area contributed by atoms with Crippen LogP contribution in [0.4, 0.5) is 0 Å². The molecule has 0 unspecified atom stereocenters. The van der Waals surface area contributed by atoms with E-state index in [-0.39, 0.29) is 0 Å². The predicted octanol–water partition coefficient (Wildman–Crippen LogP) is 4.62. The third-order valence-electron chi connectivity index (χ3n) is 4.44. The Bertz CT molecular complexity index is 592. The summed E-state index contributed by atoms with van der Waals surface area (Å²) in [6, 6.07) is 10.8. The first-order valence-corrected chi connectivity index (χ1v) is 7.71. The van der Waals surface area contributed by atoms with E-state index >= 15 is 0 Å². The highest BCUT2D eigenvalue weighted by Gasteiger charge is 2.18. The smallest absolute Gasteiger partial charge is 0.0789 e. The number of benzene rings is 1. The maximum absolute atomic E-state index is 4.80. The van der Waals surface area contributed by atoms with Crippen molar-refractivity contribution in [2.24, 2.45) is 10.9 Å². The second-order valence-electron chi connectivity index (χ2n) is 5.84. The Morgan fingerprint density at radius 3 is 2.80 bits per heavy atom. The fourth-order valence-electron chi connectivity index (χ4n) is 3.17. The second kappa shape index (κ2) is 6.17. The number of aromatic nitrogens is 1. The van der Waals surface area contributed by atoms with Crippen molar-refractivity contribution in [2.45, 2.75) is 45.1 Å². The van der Waals surface area contributed by atoms with Crippen molar-refractivity contribution < 1.29 is 0 Å². The van der Waals surface area contributed by atoms with Gasteiger partial charge in [-0.3, -0.25) is 9.98 Å². The molecular weight excluding hydrogens is 244 g/mol. The topological polar surface area (TPSA) is 25.2 Å². The molecule has 0 N–H and O–H groups in total. The van der Waals surface area contributed by atoms with Gasteiger partial charge in [-0.2, -0.15) is 0 Å². The van der Waals surface area contributed by atoms with E-state index in [0.717, 1.165) is 17.0 Å². The van der Waals surface area contributed by atoms with Gasteiger partial charge in [-0.05, 0) is 31.7 Å². The maximum Gasteiger partial charge on any atom is 0.0789 e. The molecule has 0 amide bonds. The molecule has 2 nitrogen and oxygen atoms in total. The third kappa shape index (κ3) is 2.90. The molecule has 1 aromatic heterocycles. The number of pyridine rings is 1. The van der Waals surface area contributed by atoms with E-state index in [1.807, 2.05) is 18.5 Å². The van der Waals surface area contributed by atoms with E-state index in [9.17, 15) is 0 Å². The fourth-order valence-corrected chi connectivity index (χ4v) is 3.17. The van der Waals surface area contributed by atoms with Crippen LogP contribution >= 0.6 is 0 Å². The largest absolute Gasteiger partial charge is 0.289 e. The van der Waals surface area contributed by atoms with Crippen LogP contribution in [0.5, 0.6) is 0 Å². The summed E-state index contributed by atoms with van der Waals surface area (Å²) in [5.74, 6) is 0.767. The first-order chi connectivity index (χ1) is 9.84.